The lowest BCUT2D eigenvalue weighted by molar-refractivity contribution is 0.0691. The summed E-state index contributed by atoms with van der Waals surface area (Å²) in [5.74, 6) is -0.475. The van der Waals surface area contributed by atoms with Crippen LogP contribution in [0.25, 0.3) is 10.8 Å². The maximum atomic E-state index is 11.5. The third kappa shape index (κ3) is 2.82. The Hall–Kier alpha value is -2.15. The van der Waals surface area contributed by atoms with Crippen LogP contribution in [-0.2, 0) is 9.84 Å². The summed E-state index contributed by atoms with van der Waals surface area (Å²) in [5, 5.41) is 13.7. The summed E-state index contributed by atoms with van der Waals surface area (Å²) >= 11 is 0. The molecule has 3 rings (SSSR count). The number of hydrogen-bond donors (Lipinski definition) is 2. The average molecular weight is 306 g/mol. The van der Waals surface area contributed by atoms with E-state index in [0.717, 1.165) is 10.8 Å². The van der Waals surface area contributed by atoms with Gasteiger partial charge in [-0.15, -0.1) is 0 Å². The molecular formula is C14H14N2O4S. The zero-order chi connectivity index (χ0) is 15.0. The standard InChI is InChI=1S/C14H14N2O4S/c17-14(18)12-7-9-3-1-2-4-11(9)13(16-12)15-10-5-6-21(19,20)8-10/h1-4,7,10H,5-6,8H2,(H,15,16)(H,17,18). The number of pyridine rings is 1. The van der Waals surface area contributed by atoms with E-state index in [0.29, 0.717) is 12.2 Å². The highest BCUT2D eigenvalue weighted by Gasteiger charge is 2.28. The number of benzene rings is 1. The van der Waals surface area contributed by atoms with Gasteiger partial charge in [0, 0.05) is 11.4 Å². The molecular weight excluding hydrogens is 292 g/mol. The Kier molecular flexibility index (Phi) is 3.29. The molecule has 1 saturated heterocycles. The smallest absolute Gasteiger partial charge is 0.354 e. The van der Waals surface area contributed by atoms with Crippen molar-refractivity contribution in [3.05, 3.63) is 36.0 Å². The molecule has 6 nitrogen and oxygen atoms in total. The summed E-state index contributed by atoms with van der Waals surface area (Å²) in [7, 11) is -3.00. The molecule has 1 atom stereocenters. The second-order valence-electron chi connectivity index (χ2n) is 5.13. The van der Waals surface area contributed by atoms with Gasteiger partial charge in [0.05, 0.1) is 11.5 Å². The Bertz CT molecular complexity index is 817. The second-order valence-corrected chi connectivity index (χ2v) is 7.36. The van der Waals surface area contributed by atoms with Crippen LogP contribution in [0.4, 0.5) is 5.82 Å². The summed E-state index contributed by atoms with van der Waals surface area (Å²) in [5.41, 5.74) is -0.0583. The second kappa shape index (κ2) is 5.00. The largest absolute Gasteiger partial charge is 0.477 e. The van der Waals surface area contributed by atoms with E-state index in [1.54, 1.807) is 6.07 Å². The van der Waals surface area contributed by atoms with E-state index in [1.165, 1.54) is 6.07 Å². The Morgan fingerprint density at radius 2 is 2.10 bits per heavy atom. The molecule has 2 heterocycles. The van der Waals surface area contributed by atoms with Crippen molar-refractivity contribution in [2.45, 2.75) is 12.5 Å². The Balaban J connectivity index is 2.02. The lowest BCUT2D eigenvalue weighted by Crippen LogP contribution is -2.22. The van der Waals surface area contributed by atoms with Crippen LogP contribution < -0.4 is 5.32 Å². The van der Waals surface area contributed by atoms with Crippen molar-refractivity contribution in [2.24, 2.45) is 0 Å². The highest BCUT2D eigenvalue weighted by atomic mass is 32.2. The minimum Gasteiger partial charge on any atom is -0.477 e. The SMILES string of the molecule is O=C(O)c1cc2ccccc2c(NC2CCS(=O)(=O)C2)n1. The van der Waals surface area contributed by atoms with Gasteiger partial charge in [-0.3, -0.25) is 0 Å². The van der Waals surface area contributed by atoms with Crippen LogP contribution in [0, 0.1) is 0 Å². The topological polar surface area (TPSA) is 96.4 Å². The highest BCUT2D eigenvalue weighted by Crippen LogP contribution is 2.25. The van der Waals surface area contributed by atoms with Crippen LogP contribution in [0.1, 0.15) is 16.9 Å². The van der Waals surface area contributed by atoms with Crippen molar-refractivity contribution in [3.8, 4) is 0 Å². The molecule has 1 aliphatic heterocycles. The van der Waals surface area contributed by atoms with Gasteiger partial charge in [-0.1, -0.05) is 24.3 Å². The van der Waals surface area contributed by atoms with Crippen LogP contribution in [0.15, 0.2) is 30.3 Å². The Morgan fingerprint density at radius 1 is 1.33 bits per heavy atom. The van der Waals surface area contributed by atoms with Gasteiger partial charge in [-0.2, -0.15) is 0 Å². The molecule has 0 amide bonds. The quantitative estimate of drug-likeness (QED) is 0.892. The number of carboxylic acid groups (broad SMARTS) is 1. The zero-order valence-corrected chi connectivity index (χ0v) is 11.9. The normalized spacial score (nSPS) is 20.5. The molecule has 1 unspecified atom stereocenters. The van der Waals surface area contributed by atoms with Crippen molar-refractivity contribution in [3.63, 3.8) is 0 Å². The lowest BCUT2D eigenvalue weighted by Gasteiger charge is -2.14. The number of nitrogens with zero attached hydrogens (tertiary/aromatic N) is 1. The number of carboxylic acids is 1. The molecule has 7 heteroatoms. The van der Waals surface area contributed by atoms with E-state index in [1.807, 2.05) is 18.2 Å². The van der Waals surface area contributed by atoms with E-state index in [4.69, 9.17) is 5.11 Å². The highest BCUT2D eigenvalue weighted by molar-refractivity contribution is 7.91. The van der Waals surface area contributed by atoms with Crippen LogP contribution in [0.5, 0.6) is 0 Å². The molecule has 0 radical (unpaired) electrons. The van der Waals surface area contributed by atoms with Crippen LogP contribution in [0.2, 0.25) is 0 Å². The fourth-order valence-electron chi connectivity index (χ4n) is 2.52. The number of aromatic nitrogens is 1. The molecule has 0 bridgehead atoms. The van der Waals surface area contributed by atoms with Crippen molar-refractivity contribution in [1.82, 2.24) is 4.98 Å². The molecule has 0 spiro atoms. The zero-order valence-electron chi connectivity index (χ0n) is 11.1. The Morgan fingerprint density at radius 3 is 2.76 bits per heavy atom. The van der Waals surface area contributed by atoms with Gasteiger partial charge in [0.25, 0.3) is 0 Å². The molecule has 1 fully saturated rings. The fraction of sp³-hybridized carbons (Fsp3) is 0.286. The van der Waals surface area contributed by atoms with E-state index in [-0.39, 0.29) is 23.2 Å². The van der Waals surface area contributed by atoms with Gasteiger partial charge in [-0.25, -0.2) is 18.2 Å². The minimum atomic E-state index is -3.00. The first kappa shape index (κ1) is 13.8. The van der Waals surface area contributed by atoms with Crippen molar-refractivity contribution >= 4 is 32.4 Å². The molecule has 0 aliphatic carbocycles. The van der Waals surface area contributed by atoms with E-state index >= 15 is 0 Å². The van der Waals surface area contributed by atoms with Gasteiger partial charge in [-0.05, 0) is 17.9 Å². The number of aromatic carboxylic acids is 1. The van der Waals surface area contributed by atoms with Gasteiger partial charge < -0.3 is 10.4 Å². The first-order valence-electron chi connectivity index (χ1n) is 6.55. The van der Waals surface area contributed by atoms with E-state index in [9.17, 15) is 13.2 Å². The molecule has 21 heavy (non-hydrogen) atoms. The van der Waals surface area contributed by atoms with Gasteiger partial charge in [0.15, 0.2) is 15.5 Å². The molecule has 0 saturated carbocycles. The van der Waals surface area contributed by atoms with Gasteiger partial charge >= 0.3 is 5.97 Å². The first-order valence-corrected chi connectivity index (χ1v) is 8.37. The average Bonchev–Trinajstić information content (AvgIpc) is 2.77. The molecule has 2 aromatic rings. The first-order chi connectivity index (χ1) is 9.94. The molecule has 1 aliphatic rings. The molecule has 2 N–H and O–H groups in total. The summed E-state index contributed by atoms with van der Waals surface area (Å²) in [6, 6.07) is 8.57. The molecule has 1 aromatic heterocycles. The third-order valence-electron chi connectivity index (χ3n) is 3.53. The molecule has 1 aromatic carbocycles. The van der Waals surface area contributed by atoms with Crippen molar-refractivity contribution < 1.29 is 18.3 Å². The predicted octanol–water partition coefficient (Wildman–Crippen LogP) is 1.53. The van der Waals surface area contributed by atoms with E-state index < -0.39 is 15.8 Å². The number of nitrogens with one attached hydrogen (secondary N) is 1. The summed E-state index contributed by atoms with van der Waals surface area (Å²) < 4.78 is 23.0. The number of hydrogen-bond acceptors (Lipinski definition) is 5. The minimum absolute atomic E-state index is 0.0559. The number of sulfone groups is 1. The van der Waals surface area contributed by atoms with Gasteiger partial charge in [0.1, 0.15) is 5.82 Å². The summed E-state index contributed by atoms with van der Waals surface area (Å²) in [6.07, 6.45) is 0.510. The van der Waals surface area contributed by atoms with Crippen molar-refractivity contribution in [2.75, 3.05) is 16.8 Å². The number of carbonyl (C=O) groups is 1. The Labute approximate surface area is 121 Å². The third-order valence-corrected chi connectivity index (χ3v) is 5.30. The predicted molar refractivity (Wildman–Crippen MR) is 79.4 cm³/mol. The summed E-state index contributed by atoms with van der Waals surface area (Å²) in [4.78, 5) is 15.3. The lowest BCUT2D eigenvalue weighted by atomic mass is 10.1. The van der Waals surface area contributed by atoms with Crippen LogP contribution in [0.3, 0.4) is 0 Å². The van der Waals surface area contributed by atoms with E-state index in [2.05, 4.69) is 10.3 Å². The van der Waals surface area contributed by atoms with Crippen LogP contribution >= 0.6 is 0 Å². The van der Waals surface area contributed by atoms with Gasteiger partial charge in [0.2, 0.25) is 0 Å². The van der Waals surface area contributed by atoms with Crippen LogP contribution in [-0.4, -0.2) is 42.0 Å². The fourth-order valence-corrected chi connectivity index (χ4v) is 4.19. The number of rotatable bonds is 3. The van der Waals surface area contributed by atoms with Crippen molar-refractivity contribution in [1.29, 1.82) is 0 Å². The monoisotopic (exact) mass is 306 g/mol. The maximum absolute atomic E-state index is 11.5. The number of anilines is 1. The summed E-state index contributed by atoms with van der Waals surface area (Å²) in [6.45, 7) is 0. The molecule has 110 valence electrons. The number of fused-ring (bicyclic) bond motifs is 1. The maximum Gasteiger partial charge on any atom is 0.354 e.